The number of rotatable bonds is 7. The molecule has 1 aliphatic heterocycles. The Hall–Kier alpha value is -2.29. The van der Waals surface area contributed by atoms with Crippen molar-refractivity contribution in [2.24, 2.45) is 0 Å². The van der Waals surface area contributed by atoms with E-state index in [4.69, 9.17) is 9.47 Å². The maximum absolute atomic E-state index is 12.6. The van der Waals surface area contributed by atoms with E-state index in [9.17, 15) is 19.2 Å². The van der Waals surface area contributed by atoms with Gasteiger partial charge in [0.05, 0.1) is 17.9 Å². The van der Waals surface area contributed by atoms with Crippen LogP contribution in [0.15, 0.2) is 0 Å². The molecular weight excluding hydrogens is 360 g/mol. The van der Waals surface area contributed by atoms with E-state index in [1.54, 1.807) is 20.8 Å². The van der Waals surface area contributed by atoms with E-state index in [0.29, 0.717) is 29.1 Å². The standard InChI is InChI=1S/C17H22N2O6S/c1-5-24-16(22)13-9(2)14(18-10(13)3)15(21)11(4)25-12(20)8-19-6-7-26-17(19)23/h11,18H,5-8H2,1-4H3/t11-/m1/s1. The Morgan fingerprint density at radius 3 is 2.58 bits per heavy atom. The number of carbonyl (C=O) groups excluding carboxylic acids is 4. The van der Waals surface area contributed by atoms with Gasteiger partial charge in [0.15, 0.2) is 6.10 Å². The zero-order valence-corrected chi connectivity index (χ0v) is 16.0. The Morgan fingerprint density at radius 1 is 1.31 bits per heavy atom. The zero-order valence-electron chi connectivity index (χ0n) is 15.2. The summed E-state index contributed by atoms with van der Waals surface area (Å²) < 4.78 is 10.2. The first-order chi connectivity index (χ1) is 12.3. The number of hydrogen-bond donors (Lipinski definition) is 1. The highest BCUT2D eigenvalue weighted by Crippen LogP contribution is 2.21. The van der Waals surface area contributed by atoms with Gasteiger partial charge in [-0.2, -0.15) is 0 Å². The summed E-state index contributed by atoms with van der Waals surface area (Å²) in [5.41, 5.74) is 1.49. The van der Waals surface area contributed by atoms with Gasteiger partial charge in [0.25, 0.3) is 5.24 Å². The van der Waals surface area contributed by atoms with Crippen LogP contribution in [0, 0.1) is 13.8 Å². The maximum atomic E-state index is 12.6. The fourth-order valence-corrected chi connectivity index (χ4v) is 3.55. The number of carbonyl (C=O) groups is 4. The molecule has 1 aromatic rings. The molecule has 8 nitrogen and oxygen atoms in total. The molecule has 0 aliphatic carbocycles. The van der Waals surface area contributed by atoms with Crippen LogP contribution in [0.25, 0.3) is 0 Å². The van der Waals surface area contributed by atoms with Crippen molar-refractivity contribution in [3.8, 4) is 0 Å². The van der Waals surface area contributed by atoms with E-state index in [2.05, 4.69) is 4.98 Å². The van der Waals surface area contributed by atoms with E-state index >= 15 is 0 Å². The van der Waals surface area contributed by atoms with Crippen LogP contribution in [-0.2, 0) is 14.3 Å². The molecule has 2 rings (SSSR count). The van der Waals surface area contributed by atoms with Crippen LogP contribution in [0.1, 0.15) is 46.0 Å². The van der Waals surface area contributed by atoms with Gasteiger partial charge in [-0.05, 0) is 33.3 Å². The minimum Gasteiger partial charge on any atom is -0.462 e. The summed E-state index contributed by atoms with van der Waals surface area (Å²) in [5, 5.41) is -0.171. The summed E-state index contributed by atoms with van der Waals surface area (Å²) in [4.78, 5) is 52.4. The predicted molar refractivity (Wildman–Crippen MR) is 95.5 cm³/mol. The van der Waals surface area contributed by atoms with Crippen molar-refractivity contribution >= 4 is 34.7 Å². The molecule has 0 unspecified atom stereocenters. The maximum Gasteiger partial charge on any atom is 0.340 e. The second-order valence-corrected chi connectivity index (χ2v) is 6.92. The summed E-state index contributed by atoms with van der Waals surface area (Å²) in [6, 6.07) is 0. The summed E-state index contributed by atoms with van der Waals surface area (Å²) in [5.74, 6) is -0.963. The highest BCUT2D eigenvalue weighted by atomic mass is 32.2. The monoisotopic (exact) mass is 382 g/mol. The Kier molecular flexibility index (Phi) is 6.47. The number of amides is 1. The predicted octanol–water partition coefficient (Wildman–Crippen LogP) is 2.09. The Bertz CT molecular complexity index is 742. The smallest absolute Gasteiger partial charge is 0.340 e. The zero-order chi connectivity index (χ0) is 19.4. The van der Waals surface area contributed by atoms with Crippen molar-refractivity contribution in [2.45, 2.75) is 33.8 Å². The van der Waals surface area contributed by atoms with Crippen LogP contribution in [0.5, 0.6) is 0 Å². The van der Waals surface area contributed by atoms with Gasteiger partial charge in [-0.3, -0.25) is 14.4 Å². The number of ether oxygens (including phenoxy) is 2. The first-order valence-electron chi connectivity index (χ1n) is 8.27. The highest BCUT2D eigenvalue weighted by molar-refractivity contribution is 8.13. The van der Waals surface area contributed by atoms with Crippen LogP contribution in [0.4, 0.5) is 4.79 Å². The van der Waals surface area contributed by atoms with Crippen LogP contribution in [0.2, 0.25) is 0 Å². The number of hydrogen-bond acceptors (Lipinski definition) is 7. The van der Waals surface area contributed by atoms with E-state index in [0.717, 1.165) is 11.8 Å². The third kappa shape index (κ3) is 4.27. The highest BCUT2D eigenvalue weighted by Gasteiger charge is 2.29. The molecule has 9 heteroatoms. The molecule has 0 saturated carbocycles. The third-order valence-corrected chi connectivity index (χ3v) is 4.90. The second-order valence-electron chi connectivity index (χ2n) is 5.88. The number of nitrogens with one attached hydrogen (secondary N) is 1. The molecule has 1 N–H and O–H groups in total. The van der Waals surface area contributed by atoms with Gasteiger partial charge < -0.3 is 19.4 Å². The molecule has 2 heterocycles. The van der Waals surface area contributed by atoms with E-state index in [1.807, 2.05) is 0 Å². The SMILES string of the molecule is CCOC(=O)c1c(C)[nH]c(C(=O)[C@@H](C)OC(=O)CN2CCSC2=O)c1C. The normalized spacial score (nSPS) is 15.1. The van der Waals surface area contributed by atoms with Gasteiger partial charge in [0.2, 0.25) is 5.78 Å². The molecule has 142 valence electrons. The lowest BCUT2D eigenvalue weighted by atomic mass is 10.1. The fourth-order valence-electron chi connectivity index (χ4n) is 2.72. The number of Topliss-reactive ketones (excluding diaryl/α,β-unsaturated/α-hetero) is 1. The van der Waals surface area contributed by atoms with Crippen molar-refractivity contribution in [2.75, 3.05) is 25.4 Å². The second kappa shape index (κ2) is 8.39. The van der Waals surface area contributed by atoms with Gasteiger partial charge in [-0.25, -0.2) is 4.79 Å². The van der Waals surface area contributed by atoms with Crippen molar-refractivity contribution in [3.05, 3.63) is 22.5 Å². The molecule has 1 aromatic heterocycles. The molecule has 1 amide bonds. The number of nitrogens with zero attached hydrogens (tertiary/aromatic N) is 1. The quantitative estimate of drug-likeness (QED) is 0.568. The van der Waals surface area contributed by atoms with Crippen LogP contribution in [-0.4, -0.2) is 64.4 Å². The molecule has 1 saturated heterocycles. The van der Waals surface area contributed by atoms with Gasteiger partial charge in [0, 0.05) is 18.0 Å². The summed E-state index contributed by atoms with van der Waals surface area (Å²) in [6.45, 7) is 7.00. The molecule has 1 fully saturated rings. The first-order valence-corrected chi connectivity index (χ1v) is 9.26. The minimum absolute atomic E-state index is 0.171. The molecule has 1 atom stereocenters. The number of esters is 2. The Morgan fingerprint density at radius 2 is 2.00 bits per heavy atom. The average Bonchev–Trinajstić information content (AvgIpc) is 3.09. The summed E-state index contributed by atoms with van der Waals surface area (Å²) in [6.07, 6.45) is -1.04. The number of aromatic amines is 1. The molecule has 1 aliphatic rings. The van der Waals surface area contributed by atoms with E-state index in [-0.39, 0.29) is 24.1 Å². The molecular formula is C17H22N2O6S. The molecule has 0 spiro atoms. The largest absolute Gasteiger partial charge is 0.462 e. The molecule has 0 radical (unpaired) electrons. The Labute approximate surface area is 155 Å². The van der Waals surface area contributed by atoms with Gasteiger partial charge in [-0.15, -0.1) is 0 Å². The lowest BCUT2D eigenvalue weighted by Gasteiger charge is -2.16. The molecule has 26 heavy (non-hydrogen) atoms. The van der Waals surface area contributed by atoms with Crippen molar-refractivity contribution < 1.29 is 28.7 Å². The number of aromatic nitrogens is 1. The third-order valence-electron chi connectivity index (χ3n) is 4.01. The van der Waals surface area contributed by atoms with E-state index in [1.165, 1.54) is 11.8 Å². The number of aryl methyl sites for hydroxylation is 1. The van der Waals surface area contributed by atoms with Crippen molar-refractivity contribution in [3.63, 3.8) is 0 Å². The molecule has 0 aromatic carbocycles. The lowest BCUT2D eigenvalue weighted by molar-refractivity contribution is -0.146. The molecule has 0 bridgehead atoms. The van der Waals surface area contributed by atoms with E-state index < -0.39 is 23.8 Å². The van der Waals surface area contributed by atoms with Crippen LogP contribution < -0.4 is 0 Å². The van der Waals surface area contributed by atoms with Crippen molar-refractivity contribution in [1.82, 2.24) is 9.88 Å². The number of thioether (sulfide) groups is 1. The minimum atomic E-state index is -1.04. The summed E-state index contributed by atoms with van der Waals surface area (Å²) in [7, 11) is 0. The fraction of sp³-hybridized carbons (Fsp3) is 0.529. The topological polar surface area (TPSA) is 106 Å². The number of ketones is 1. The lowest BCUT2D eigenvalue weighted by Crippen LogP contribution is -2.34. The van der Waals surface area contributed by atoms with Crippen LogP contribution in [0.3, 0.4) is 0 Å². The number of H-pyrrole nitrogens is 1. The van der Waals surface area contributed by atoms with Crippen LogP contribution >= 0.6 is 11.8 Å². The van der Waals surface area contributed by atoms with Gasteiger partial charge >= 0.3 is 11.9 Å². The average molecular weight is 382 g/mol. The summed E-state index contributed by atoms with van der Waals surface area (Å²) >= 11 is 1.15. The van der Waals surface area contributed by atoms with Crippen molar-refractivity contribution in [1.29, 1.82) is 0 Å². The first kappa shape index (κ1) is 20.0. The van der Waals surface area contributed by atoms with Gasteiger partial charge in [0.1, 0.15) is 6.54 Å². The van der Waals surface area contributed by atoms with Gasteiger partial charge in [-0.1, -0.05) is 11.8 Å². The Balaban J connectivity index is 2.06.